The van der Waals surface area contributed by atoms with Gasteiger partial charge in [-0.05, 0) is 123 Å². The lowest BCUT2D eigenvalue weighted by Crippen LogP contribution is -2.67. The molecule has 4 saturated carbocycles. The van der Waals surface area contributed by atoms with Gasteiger partial charge in [-0.15, -0.1) is 0 Å². The van der Waals surface area contributed by atoms with Gasteiger partial charge in [0.05, 0.1) is 37.4 Å². The van der Waals surface area contributed by atoms with Crippen LogP contribution < -0.4 is 0 Å². The molecule has 0 unspecified atom stereocenters. The van der Waals surface area contributed by atoms with Gasteiger partial charge in [-0.2, -0.15) is 0 Å². The maximum Gasteiger partial charge on any atom is 0.326 e. The number of aliphatic hydroxyl groups is 9. The molecule has 71 heavy (non-hydrogen) atoms. The monoisotopic (exact) mass is 1010 g/mol. The number of fused-ring (bicyclic) bond motifs is 7. The first-order valence-electron chi connectivity index (χ1n) is 26.4. The van der Waals surface area contributed by atoms with Crippen LogP contribution in [0.25, 0.3) is 0 Å². The van der Waals surface area contributed by atoms with Gasteiger partial charge in [-0.25, -0.2) is 4.79 Å². The molecule has 0 aromatic carbocycles. The lowest BCUT2D eigenvalue weighted by atomic mass is 9.33. The van der Waals surface area contributed by atoms with Crippen molar-refractivity contribution in [3.63, 3.8) is 0 Å². The van der Waals surface area contributed by atoms with E-state index in [2.05, 4.69) is 40.7 Å². The third-order valence-electron chi connectivity index (χ3n) is 20.9. The highest BCUT2D eigenvalue weighted by atomic mass is 16.8. The highest BCUT2D eigenvalue weighted by molar-refractivity contribution is 5.89. The lowest BCUT2D eigenvalue weighted by Gasteiger charge is -2.71. The van der Waals surface area contributed by atoms with Gasteiger partial charge in [0, 0.05) is 12.0 Å². The summed E-state index contributed by atoms with van der Waals surface area (Å²) in [4.78, 5) is 29.1. The van der Waals surface area contributed by atoms with Gasteiger partial charge in [-0.1, -0.05) is 53.2 Å². The number of carbonyl (C=O) groups is 2. The van der Waals surface area contributed by atoms with Gasteiger partial charge in [0.25, 0.3) is 0 Å². The Morgan fingerprint density at radius 1 is 0.732 bits per heavy atom. The highest BCUT2D eigenvalue weighted by Gasteiger charge is 2.70. The molecule has 1 amide bonds. The number of nitrogens with zero attached hydrogens (tertiary/aromatic N) is 1. The van der Waals surface area contributed by atoms with Crippen molar-refractivity contribution in [2.45, 2.75) is 224 Å². The van der Waals surface area contributed by atoms with Crippen LogP contribution in [0.5, 0.6) is 0 Å². The number of rotatable bonds is 10. The van der Waals surface area contributed by atoms with Crippen molar-refractivity contribution in [3.8, 4) is 0 Å². The zero-order chi connectivity index (χ0) is 51.5. The van der Waals surface area contributed by atoms with Gasteiger partial charge in [0.15, 0.2) is 18.9 Å². The summed E-state index contributed by atoms with van der Waals surface area (Å²) in [5.74, 6) is -0.723. The first-order chi connectivity index (χ1) is 33.3. The van der Waals surface area contributed by atoms with Crippen LogP contribution >= 0.6 is 0 Å². The molecule has 8 fully saturated rings. The number of likely N-dealkylation sites (tertiary alicyclic amines) is 1. The quantitative estimate of drug-likeness (QED) is 0.109. The second-order valence-electron chi connectivity index (χ2n) is 25.0. The number of carboxylic acids is 1. The van der Waals surface area contributed by atoms with Gasteiger partial charge in [0.2, 0.25) is 5.91 Å². The topological polar surface area (TPSA) is 295 Å². The predicted octanol–water partition coefficient (Wildman–Crippen LogP) is 1.34. The van der Waals surface area contributed by atoms with Gasteiger partial charge in [-0.3, -0.25) is 4.79 Å². The molecule has 4 saturated heterocycles. The molecule has 0 radical (unpaired) electrons. The first kappa shape index (κ1) is 53.9. The Morgan fingerprint density at radius 2 is 1.41 bits per heavy atom. The third kappa shape index (κ3) is 8.49. The smallest absolute Gasteiger partial charge is 0.326 e. The van der Waals surface area contributed by atoms with Crippen LogP contribution in [0, 0.1) is 50.2 Å². The van der Waals surface area contributed by atoms with Crippen molar-refractivity contribution in [1.82, 2.24) is 4.90 Å². The van der Waals surface area contributed by atoms with Crippen molar-refractivity contribution >= 4 is 11.9 Å². The summed E-state index contributed by atoms with van der Waals surface area (Å²) in [5.41, 5.74) is -0.761. The van der Waals surface area contributed by atoms with Crippen LogP contribution in [0.2, 0.25) is 0 Å². The minimum Gasteiger partial charge on any atom is -0.480 e. The van der Waals surface area contributed by atoms with E-state index in [-0.39, 0.29) is 58.5 Å². The van der Waals surface area contributed by atoms with E-state index in [9.17, 15) is 60.7 Å². The maximum absolute atomic E-state index is 15.0. The Bertz CT molecular complexity index is 2010. The van der Waals surface area contributed by atoms with E-state index in [1.54, 1.807) is 4.90 Å². The predicted molar refractivity (Wildman–Crippen MR) is 249 cm³/mol. The van der Waals surface area contributed by atoms with Gasteiger partial charge in [0.1, 0.15) is 67.1 Å². The van der Waals surface area contributed by atoms with Crippen LogP contribution in [0.4, 0.5) is 0 Å². The summed E-state index contributed by atoms with van der Waals surface area (Å²) in [7, 11) is 0. The summed E-state index contributed by atoms with van der Waals surface area (Å²) in [6.45, 7) is 14.5. The normalized spacial score (nSPS) is 52.9. The van der Waals surface area contributed by atoms with E-state index in [0.717, 1.165) is 51.4 Å². The Hall–Kier alpha value is -1.92. The number of ether oxygens (including phenoxy) is 6. The second kappa shape index (κ2) is 19.3. The molecule has 0 aromatic rings. The molecule has 10 N–H and O–H groups in total. The van der Waals surface area contributed by atoms with E-state index >= 15 is 0 Å². The van der Waals surface area contributed by atoms with Crippen LogP contribution in [-0.2, 0) is 38.0 Å². The minimum absolute atomic E-state index is 0.00238. The van der Waals surface area contributed by atoms with E-state index in [4.69, 9.17) is 28.4 Å². The van der Waals surface area contributed by atoms with E-state index < -0.39 is 122 Å². The third-order valence-corrected chi connectivity index (χ3v) is 20.9. The molecule has 404 valence electrons. The molecular weight excluding hydrogens is 927 g/mol. The summed E-state index contributed by atoms with van der Waals surface area (Å²) >= 11 is 0. The van der Waals surface area contributed by atoms with E-state index in [1.165, 1.54) is 12.5 Å². The number of hydrogen-bond acceptors (Lipinski definition) is 17. The Kier molecular flexibility index (Phi) is 14.6. The van der Waals surface area contributed by atoms with Gasteiger partial charge < -0.3 is 84.4 Å². The largest absolute Gasteiger partial charge is 0.480 e. The molecule has 5 aliphatic carbocycles. The Labute approximate surface area is 416 Å². The number of carbonyl (C=O) groups excluding carboxylic acids is 1. The van der Waals surface area contributed by atoms with Crippen LogP contribution in [-0.4, -0.2) is 192 Å². The standard InChI is InChI=1S/C52H83NO18/c1-25-34(56)37(59)39(61)43(67-25)71-41-36(58)30(69-44-40(62)38(60)35(57)29(22-54)68-44)23-66-45(41)70-33-13-14-48(4)31(49(33,5)24-55)12-15-51(7)32(48)11-10-26-27-21-47(2,3)16-18-52(27,19-17-50(26,51)6)46(65)53-20-8-9-28(53)42(63)64/h10,25,27-41,43-45,54-62H,8-9,11-24H2,1-7H3,(H,63,64)/t25-,27-,28-,29+,30-,31+,32+,33-,34-,35+,36-,37+,38-,39+,40+,41+,43-,44-,45-,48-,49-,50+,51+,52-/m0/s1. The lowest BCUT2D eigenvalue weighted by molar-refractivity contribution is -0.381. The molecule has 9 aliphatic rings. The summed E-state index contributed by atoms with van der Waals surface area (Å²) in [6.07, 6.45) is -10.7. The molecule has 0 aromatic heterocycles. The molecule has 19 nitrogen and oxygen atoms in total. The fourth-order valence-electron chi connectivity index (χ4n) is 16.3. The molecule has 4 heterocycles. The van der Waals surface area contributed by atoms with E-state index in [1.807, 2.05) is 6.92 Å². The van der Waals surface area contributed by atoms with Crippen molar-refractivity contribution in [2.75, 3.05) is 26.4 Å². The van der Waals surface area contributed by atoms with Crippen LogP contribution in [0.1, 0.15) is 126 Å². The zero-order valence-corrected chi connectivity index (χ0v) is 42.5. The number of aliphatic carboxylic acids is 1. The first-order valence-corrected chi connectivity index (χ1v) is 26.4. The van der Waals surface area contributed by atoms with Crippen molar-refractivity contribution in [1.29, 1.82) is 0 Å². The zero-order valence-electron chi connectivity index (χ0n) is 42.5. The summed E-state index contributed by atoms with van der Waals surface area (Å²) in [5, 5.41) is 107. The number of aliphatic hydroxyl groups excluding tert-OH is 9. The molecule has 9 rings (SSSR count). The average molecular weight is 1010 g/mol. The van der Waals surface area contributed by atoms with Crippen molar-refractivity contribution in [2.24, 2.45) is 50.2 Å². The second-order valence-corrected chi connectivity index (χ2v) is 25.0. The molecule has 0 spiro atoms. The minimum atomic E-state index is -1.79. The number of allylic oxidation sites excluding steroid dienone is 2. The Balaban J connectivity index is 0.979. The maximum atomic E-state index is 15.0. The van der Waals surface area contributed by atoms with Crippen LogP contribution in [0.3, 0.4) is 0 Å². The SMILES string of the molecule is C[C@@H]1O[C@@H](O[C@H]2[C@H](O[C@H]3CC[C@@]4(C)[C@@H](CC[C@]5(C)[C@@H]4CC=C4[C@@H]6CC(C)(C)CC[C@]6(C(=O)N6CCC[C@H]6C(=O)O)CC[C@]45C)[C@]3(C)CO)OC[C@H](O[C@@H]3O[C@H](CO)[C@@H](O)[C@H](O)[C@H]3O)[C@@H]2O)[C@H](O)[C@H](O)[C@H]1O. The number of amides is 1. The number of carboxylic acid groups (broad SMARTS) is 1. The van der Waals surface area contributed by atoms with Crippen LogP contribution in [0.15, 0.2) is 11.6 Å². The fourth-order valence-corrected chi connectivity index (χ4v) is 16.3. The fraction of sp³-hybridized carbons (Fsp3) is 0.923. The number of hydrogen-bond donors (Lipinski definition) is 10. The highest BCUT2D eigenvalue weighted by Crippen LogP contribution is 2.76. The molecular formula is C52H83NO18. The Morgan fingerprint density at radius 3 is 2.08 bits per heavy atom. The average Bonchev–Trinajstić information content (AvgIpc) is 3.83. The summed E-state index contributed by atoms with van der Waals surface area (Å²) < 4.78 is 36.7. The van der Waals surface area contributed by atoms with Crippen molar-refractivity contribution < 1.29 is 89.1 Å². The van der Waals surface area contributed by atoms with E-state index in [0.29, 0.717) is 32.2 Å². The van der Waals surface area contributed by atoms with Crippen molar-refractivity contribution in [3.05, 3.63) is 11.6 Å². The molecule has 4 aliphatic heterocycles. The molecule has 0 bridgehead atoms. The summed E-state index contributed by atoms with van der Waals surface area (Å²) in [6, 6.07) is -0.783. The van der Waals surface area contributed by atoms with Gasteiger partial charge >= 0.3 is 5.97 Å². The molecule has 19 heteroatoms. The molecule has 24 atom stereocenters.